The minimum Gasteiger partial charge on any atom is -0.383 e. The van der Waals surface area contributed by atoms with Crippen LogP contribution >= 0.6 is 0 Å². The summed E-state index contributed by atoms with van der Waals surface area (Å²) in [6.45, 7) is 1.76. The number of likely N-dealkylation sites (tertiary alicyclic amines) is 1. The fourth-order valence-electron chi connectivity index (χ4n) is 2.29. The molecule has 0 aliphatic carbocycles. The molecule has 20 heavy (non-hydrogen) atoms. The van der Waals surface area contributed by atoms with Gasteiger partial charge in [0, 0.05) is 18.7 Å². The number of nitrogen functional groups attached to an aromatic ring is 1. The second-order valence-corrected chi connectivity index (χ2v) is 4.96. The first-order valence-electron chi connectivity index (χ1n) is 6.36. The van der Waals surface area contributed by atoms with Crippen LogP contribution in [0.5, 0.6) is 0 Å². The normalized spacial score (nSPS) is 19.6. The highest BCUT2D eigenvalue weighted by Crippen LogP contribution is 2.17. The molecule has 3 N–H and O–H groups in total. The summed E-state index contributed by atoms with van der Waals surface area (Å²) in [5.74, 6) is -0.420. The molecular formula is C12H17N5O3. The molecule has 0 spiro atoms. The van der Waals surface area contributed by atoms with Crippen LogP contribution in [0.4, 0.5) is 11.5 Å². The quantitative estimate of drug-likeness (QED) is 0.611. The summed E-state index contributed by atoms with van der Waals surface area (Å²) < 4.78 is 0. The second-order valence-electron chi connectivity index (χ2n) is 4.96. The number of nitrogens with zero attached hydrogens (tertiary/aromatic N) is 3. The Morgan fingerprint density at radius 1 is 1.65 bits per heavy atom. The van der Waals surface area contributed by atoms with Crippen LogP contribution in [0.1, 0.15) is 23.2 Å². The molecule has 0 saturated carbocycles. The Morgan fingerprint density at radius 2 is 2.40 bits per heavy atom. The molecule has 8 nitrogen and oxygen atoms in total. The van der Waals surface area contributed by atoms with Crippen LogP contribution in [0.15, 0.2) is 12.3 Å². The van der Waals surface area contributed by atoms with Gasteiger partial charge in [-0.3, -0.25) is 14.9 Å². The minimum absolute atomic E-state index is 0.00253. The lowest BCUT2D eigenvalue weighted by Crippen LogP contribution is -2.46. The van der Waals surface area contributed by atoms with Gasteiger partial charge in [-0.2, -0.15) is 0 Å². The Kier molecular flexibility index (Phi) is 4.14. The number of anilines is 1. The molecule has 2 rings (SSSR count). The molecule has 1 amide bonds. The number of pyridine rings is 1. The number of hydrogen-bond donors (Lipinski definition) is 2. The zero-order chi connectivity index (χ0) is 14.7. The van der Waals surface area contributed by atoms with Crippen molar-refractivity contribution in [3.63, 3.8) is 0 Å². The van der Waals surface area contributed by atoms with Gasteiger partial charge < -0.3 is 16.0 Å². The van der Waals surface area contributed by atoms with E-state index in [4.69, 9.17) is 5.73 Å². The molecular weight excluding hydrogens is 262 g/mol. The number of likely N-dealkylation sites (N-methyl/N-ethyl adjacent to an activating group) is 1. The van der Waals surface area contributed by atoms with E-state index in [1.54, 1.807) is 0 Å². The van der Waals surface area contributed by atoms with E-state index < -0.39 is 10.8 Å². The molecule has 1 aromatic heterocycles. The first kappa shape index (κ1) is 14.2. The summed E-state index contributed by atoms with van der Waals surface area (Å²) in [6.07, 6.45) is 2.93. The molecule has 1 unspecified atom stereocenters. The van der Waals surface area contributed by atoms with E-state index in [9.17, 15) is 14.9 Å². The van der Waals surface area contributed by atoms with Crippen LogP contribution in [0.25, 0.3) is 0 Å². The number of aromatic nitrogens is 1. The standard InChI is InChI=1S/C12H17N5O3/c1-16-4-2-3-8(7-16)15-12(18)10-5-9(17(19)20)6-14-11(10)13/h5-6,8H,2-4,7H2,1H3,(H2,13,14)(H,15,18). The number of carbonyl (C=O) groups is 1. The SMILES string of the molecule is CN1CCCC(NC(=O)c2cc([N+](=O)[O-])cnc2N)C1. The van der Waals surface area contributed by atoms with Crippen molar-refractivity contribution in [3.8, 4) is 0 Å². The zero-order valence-electron chi connectivity index (χ0n) is 11.2. The van der Waals surface area contributed by atoms with Gasteiger partial charge in [-0.15, -0.1) is 0 Å². The second kappa shape index (κ2) is 5.83. The third kappa shape index (κ3) is 3.21. The van der Waals surface area contributed by atoms with Gasteiger partial charge >= 0.3 is 0 Å². The number of nitro groups is 1. The van der Waals surface area contributed by atoms with E-state index in [1.807, 2.05) is 7.05 Å². The Bertz CT molecular complexity index is 534. The Hall–Kier alpha value is -2.22. The molecule has 1 aliphatic heterocycles. The number of hydrogen-bond acceptors (Lipinski definition) is 6. The lowest BCUT2D eigenvalue weighted by molar-refractivity contribution is -0.385. The van der Waals surface area contributed by atoms with Crippen molar-refractivity contribution in [3.05, 3.63) is 27.9 Å². The van der Waals surface area contributed by atoms with E-state index in [1.165, 1.54) is 0 Å². The van der Waals surface area contributed by atoms with Crippen LogP contribution < -0.4 is 11.1 Å². The number of amides is 1. The highest BCUT2D eigenvalue weighted by Gasteiger charge is 2.22. The molecule has 0 aromatic carbocycles. The minimum atomic E-state index is -0.600. The van der Waals surface area contributed by atoms with Crippen molar-refractivity contribution in [1.29, 1.82) is 0 Å². The maximum absolute atomic E-state index is 12.1. The summed E-state index contributed by atoms with van der Waals surface area (Å²) in [6, 6.07) is 1.18. The summed E-state index contributed by atoms with van der Waals surface area (Å²) in [4.78, 5) is 28.1. The van der Waals surface area contributed by atoms with Gasteiger partial charge in [0.2, 0.25) is 0 Å². The number of rotatable bonds is 3. The molecule has 1 aliphatic rings. The van der Waals surface area contributed by atoms with Crippen molar-refractivity contribution < 1.29 is 9.72 Å². The van der Waals surface area contributed by atoms with Gasteiger partial charge in [0.25, 0.3) is 11.6 Å². The summed E-state index contributed by atoms with van der Waals surface area (Å²) in [5, 5.41) is 13.6. The lowest BCUT2D eigenvalue weighted by atomic mass is 10.1. The van der Waals surface area contributed by atoms with Gasteiger partial charge in [-0.1, -0.05) is 0 Å². The van der Waals surface area contributed by atoms with Crippen LogP contribution in [0.2, 0.25) is 0 Å². The largest absolute Gasteiger partial charge is 0.383 e. The predicted molar refractivity (Wildman–Crippen MR) is 73.3 cm³/mol. The van der Waals surface area contributed by atoms with E-state index in [-0.39, 0.29) is 23.1 Å². The van der Waals surface area contributed by atoms with Crippen molar-refractivity contribution >= 4 is 17.4 Å². The van der Waals surface area contributed by atoms with Crippen LogP contribution in [-0.4, -0.2) is 46.9 Å². The lowest BCUT2D eigenvalue weighted by Gasteiger charge is -2.30. The average Bonchev–Trinajstić information content (AvgIpc) is 2.38. The summed E-state index contributed by atoms with van der Waals surface area (Å²) >= 11 is 0. The third-order valence-electron chi connectivity index (χ3n) is 3.32. The van der Waals surface area contributed by atoms with Gasteiger partial charge in [0.1, 0.15) is 12.0 Å². The molecule has 1 fully saturated rings. The van der Waals surface area contributed by atoms with Crippen LogP contribution in [0, 0.1) is 10.1 Å². The first-order chi connectivity index (χ1) is 9.47. The third-order valence-corrected chi connectivity index (χ3v) is 3.32. The van der Waals surface area contributed by atoms with E-state index in [0.717, 1.165) is 38.2 Å². The molecule has 1 aromatic rings. The first-order valence-corrected chi connectivity index (χ1v) is 6.36. The fourth-order valence-corrected chi connectivity index (χ4v) is 2.29. The molecule has 0 bridgehead atoms. The van der Waals surface area contributed by atoms with Crippen LogP contribution in [0.3, 0.4) is 0 Å². The average molecular weight is 279 g/mol. The number of nitrogens with one attached hydrogen (secondary N) is 1. The Balaban J connectivity index is 2.12. The van der Waals surface area contributed by atoms with Crippen molar-refractivity contribution in [2.45, 2.75) is 18.9 Å². The fraction of sp³-hybridized carbons (Fsp3) is 0.500. The van der Waals surface area contributed by atoms with Crippen LogP contribution in [-0.2, 0) is 0 Å². The van der Waals surface area contributed by atoms with E-state index in [0.29, 0.717) is 0 Å². The monoisotopic (exact) mass is 279 g/mol. The topological polar surface area (TPSA) is 114 Å². The number of nitrogens with two attached hydrogens (primary N) is 1. The molecule has 0 radical (unpaired) electrons. The maximum Gasteiger partial charge on any atom is 0.288 e. The summed E-state index contributed by atoms with van der Waals surface area (Å²) in [7, 11) is 1.99. The van der Waals surface area contributed by atoms with Crippen molar-refractivity contribution in [2.75, 3.05) is 25.9 Å². The van der Waals surface area contributed by atoms with Gasteiger partial charge in [-0.05, 0) is 26.4 Å². The number of carbonyl (C=O) groups excluding carboxylic acids is 1. The molecule has 8 heteroatoms. The van der Waals surface area contributed by atoms with Gasteiger partial charge in [0.15, 0.2) is 0 Å². The van der Waals surface area contributed by atoms with Gasteiger partial charge in [0.05, 0.1) is 10.5 Å². The van der Waals surface area contributed by atoms with Crippen molar-refractivity contribution in [2.24, 2.45) is 0 Å². The van der Waals surface area contributed by atoms with E-state index in [2.05, 4.69) is 15.2 Å². The van der Waals surface area contributed by atoms with Gasteiger partial charge in [-0.25, -0.2) is 4.98 Å². The highest BCUT2D eigenvalue weighted by molar-refractivity contribution is 5.99. The Labute approximate surface area is 116 Å². The highest BCUT2D eigenvalue weighted by atomic mass is 16.6. The summed E-state index contributed by atoms with van der Waals surface area (Å²) in [5.41, 5.74) is 5.42. The Morgan fingerprint density at radius 3 is 3.05 bits per heavy atom. The molecule has 1 saturated heterocycles. The molecule has 108 valence electrons. The smallest absolute Gasteiger partial charge is 0.288 e. The predicted octanol–water partition coefficient (Wildman–Crippen LogP) is 0.396. The molecule has 1 atom stereocenters. The number of piperidine rings is 1. The maximum atomic E-state index is 12.1. The molecule has 2 heterocycles. The van der Waals surface area contributed by atoms with E-state index >= 15 is 0 Å². The van der Waals surface area contributed by atoms with Crippen molar-refractivity contribution in [1.82, 2.24) is 15.2 Å². The zero-order valence-corrected chi connectivity index (χ0v) is 11.2.